The molecule has 5 rings (SSSR count). The van der Waals surface area contributed by atoms with Gasteiger partial charge in [-0.2, -0.15) is 0 Å². The van der Waals surface area contributed by atoms with Crippen molar-refractivity contribution >= 4 is 24.1 Å². The predicted octanol–water partition coefficient (Wildman–Crippen LogP) is 4.11. The Labute approximate surface area is 242 Å². The molecule has 0 bridgehead atoms. The number of nitrogens with two attached hydrogens (primary N) is 1. The summed E-state index contributed by atoms with van der Waals surface area (Å²) in [5, 5.41) is 0. The summed E-state index contributed by atoms with van der Waals surface area (Å²) >= 11 is 0. The Kier molecular flexibility index (Phi) is 9.87. The molecule has 0 aliphatic carbocycles. The number of nitrogens with zero attached hydrogens (tertiary/aromatic N) is 5. The number of anilines is 1. The van der Waals surface area contributed by atoms with E-state index in [1.165, 1.54) is 24.5 Å². The molecule has 2 aromatic rings. The number of ether oxygens (including phenoxy) is 2. The molecule has 11 heteroatoms. The van der Waals surface area contributed by atoms with E-state index in [0.717, 1.165) is 58.4 Å². The number of halogens is 2. The minimum Gasteiger partial charge on any atom is -0.451 e. The lowest BCUT2D eigenvalue weighted by Gasteiger charge is -2.54. The molecule has 3 aliphatic heterocycles. The Hall–Kier alpha value is -2.53. The first-order valence-corrected chi connectivity index (χ1v) is 14.2. The minimum absolute atomic E-state index is 0. The highest BCUT2D eigenvalue weighted by Crippen LogP contribution is 2.45. The van der Waals surface area contributed by atoms with Gasteiger partial charge in [-0.25, -0.2) is 14.4 Å². The Morgan fingerprint density at radius 1 is 1.25 bits per heavy atom. The number of likely N-dealkylation sites (tertiary alicyclic amines) is 1. The summed E-state index contributed by atoms with van der Waals surface area (Å²) in [5.41, 5.74) is 6.43. The highest BCUT2D eigenvalue weighted by Gasteiger charge is 2.46. The van der Waals surface area contributed by atoms with Crippen molar-refractivity contribution in [3.8, 4) is 11.5 Å². The van der Waals surface area contributed by atoms with Gasteiger partial charge in [0.05, 0.1) is 24.5 Å². The fourth-order valence-electron chi connectivity index (χ4n) is 6.09. The van der Waals surface area contributed by atoms with Crippen molar-refractivity contribution in [2.24, 2.45) is 11.1 Å². The monoisotopic (exact) mass is 576 g/mol. The second kappa shape index (κ2) is 13.0. The van der Waals surface area contributed by atoms with Crippen molar-refractivity contribution < 1.29 is 18.7 Å². The molecule has 40 heavy (non-hydrogen) atoms. The minimum atomic E-state index is -0.482. The van der Waals surface area contributed by atoms with Crippen molar-refractivity contribution in [1.29, 1.82) is 0 Å². The molecular formula is C29H42ClFN6O3. The number of benzene rings is 1. The Morgan fingerprint density at radius 2 is 2.00 bits per heavy atom. The highest BCUT2D eigenvalue weighted by molar-refractivity contribution is 5.97. The molecule has 1 aromatic carbocycles. The number of carbonyl (C=O) groups is 1. The van der Waals surface area contributed by atoms with Crippen LogP contribution >= 0.6 is 12.4 Å². The fourth-order valence-corrected chi connectivity index (χ4v) is 6.09. The van der Waals surface area contributed by atoms with Gasteiger partial charge in [-0.3, -0.25) is 4.79 Å². The van der Waals surface area contributed by atoms with Crippen molar-refractivity contribution in [2.75, 3.05) is 50.8 Å². The van der Waals surface area contributed by atoms with Gasteiger partial charge in [0.2, 0.25) is 0 Å². The molecule has 3 saturated heterocycles. The zero-order valence-electron chi connectivity index (χ0n) is 23.7. The fraction of sp³-hybridized carbons (Fsp3) is 0.621. The zero-order valence-corrected chi connectivity index (χ0v) is 24.5. The molecule has 1 spiro atoms. The molecule has 1 aromatic heterocycles. The first kappa shape index (κ1) is 30.4. The third kappa shape index (κ3) is 6.67. The van der Waals surface area contributed by atoms with Crippen LogP contribution in [0.2, 0.25) is 0 Å². The second-order valence-electron chi connectivity index (χ2n) is 11.6. The Morgan fingerprint density at radius 3 is 2.65 bits per heavy atom. The first-order valence-electron chi connectivity index (χ1n) is 14.2. The number of amides is 1. The van der Waals surface area contributed by atoms with Crippen molar-refractivity contribution in [3.05, 3.63) is 42.1 Å². The smallest absolute Gasteiger partial charge is 0.257 e. The summed E-state index contributed by atoms with van der Waals surface area (Å²) in [4.78, 5) is 28.4. The molecule has 3 aliphatic rings. The lowest BCUT2D eigenvalue weighted by atomic mass is 9.72. The van der Waals surface area contributed by atoms with Gasteiger partial charge in [-0.05, 0) is 77.7 Å². The SMILES string of the molecule is CCN(C(=O)c1cc(F)ccc1Oc1cncnc1N1CC2(CCN(C[C@@H]3CC[C@@H](N)CO3)CC2)C1)C(C)C.Cl. The van der Waals surface area contributed by atoms with E-state index >= 15 is 0 Å². The van der Waals surface area contributed by atoms with Gasteiger partial charge in [-0.15, -0.1) is 12.4 Å². The number of hydrogen-bond donors (Lipinski definition) is 1. The zero-order chi connectivity index (χ0) is 27.6. The van der Waals surface area contributed by atoms with Gasteiger partial charge in [0.1, 0.15) is 17.9 Å². The van der Waals surface area contributed by atoms with E-state index in [4.69, 9.17) is 15.2 Å². The summed E-state index contributed by atoms with van der Waals surface area (Å²) in [5.74, 6) is 0.710. The molecular weight excluding hydrogens is 535 g/mol. The van der Waals surface area contributed by atoms with Crippen LogP contribution in [0, 0.1) is 11.2 Å². The standard InChI is InChI=1S/C29H41FN6O3.ClH/c1-4-36(20(2)3)28(37)24-13-21(30)5-8-25(24)39-26-14-32-19-33-27(26)35-17-29(18-35)9-11-34(12-10-29)15-23-7-6-22(31)16-38-23;/h5,8,13-14,19-20,22-23H,4,6-7,9-12,15-18,31H2,1-3H3;1H/t22-,23+;/m1./s1. The van der Waals surface area contributed by atoms with Crippen LogP contribution in [0.15, 0.2) is 30.7 Å². The third-order valence-corrected chi connectivity index (χ3v) is 8.41. The molecule has 2 N–H and O–H groups in total. The number of aromatic nitrogens is 2. The summed E-state index contributed by atoms with van der Waals surface area (Å²) in [6.45, 7) is 11.9. The lowest BCUT2D eigenvalue weighted by molar-refractivity contribution is -0.0277. The Bertz CT molecular complexity index is 1150. The van der Waals surface area contributed by atoms with E-state index < -0.39 is 5.82 Å². The van der Waals surface area contributed by atoms with Crippen LogP contribution < -0.4 is 15.4 Å². The van der Waals surface area contributed by atoms with Gasteiger partial charge in [0.25, 0.3) is 5.91 Å². The van der Waals surface area contributed by atoms with Gasteiger partial charge in [0, 0.05) is 43.7 Å². The lowest BCUT2D eigenvalue weighted by Crippen LogP contribution is -2.61. The van der Waals surface area contributed by atoms with Gasteiger partial charge >= 0.3 is 0 Å². The van der Waals surface area contributed by atoms with Crippen LogP contribution in [0.5, 0.6) is 11.5 Å². The molecule has 2 atom stereocenters. The van der Waals surface area contributed by atoms with Crippen LogP contribution in [0.1, 0.15) is 56.8 Å². The Balaban J connectivity index is 0.00000370. The van der Waals surface area contributed by atoms with Gasteiger partial charge < -0.3 is 29.9 Å². The van der Waals surface area contributed by atoms with Crippen molar-refractivity contribution in [2.45, 2.75) is 64.6 Å². The average Bonchev–Trinajstić information content (AvgIpc) is 2.91. The molecule has 0 unspecified atom stereocenters. The van der Waals surface area contributed by atoms with Crippen LogP contribution in [-0.2, 0) is 4.74 Å². The van der Waals surface area contributed by atoms with E-state index in [1.54, 1.807) is 11.1 Å². The van der Waals surface area contributed by atoms with E-state index in [0.29, 0.717) is 36.6 Å². The van der Waals surface area contributed by atoms with Crippen LogP contribution in [0.4, 0.5) is 10.2 Å². The number of carbonyl (C=O) groups excluding carboxylic acids is 1. The molecule has 0 saturated carbocycles. The van der Waals surface area contributed by atoms with Crippen molar-refractivity contribution in [1.82, 2.24) is 19.8 Å². The largest absolute Gasteiger partial charge is 0.451 e. The average molecular weight is 577 g/mol. The van der Waals surface area contributed by atoms with Gasteiger partial charge in [-0.1, -0.05) is 0 Å². The maximum absolute atomic E-state index is 14.2. The molecule has 1 amide bonds. The van der Waals surface area contributed by atoms with Crippen LogP contribution in [-0.4, -0.2) is 89.7 Å². The molecule has 9 nitrogen and oxygen atoms in total. The second-order valence-corrected chi connectivity index (χ2v) is 11.6. The summed E-state index contributed by atoms with van der Waals surface area (Å²) < 4.78 is 26.3. The number of hydrogen-bond acceptors (Lipinski definition) is 8. The molecule has 220 valence electrons. The normalized spacial score (nSPS) is 22.5. The van der Waals surface area contributed by atoms with Crippen LogP contribution in [0.25, 0.3) is 0 Å². The molecule has 0 radical (unpaired) electrons. The van der Waals surface area contributed by atoms with Crippen LogP contribution in [0.3, 0.4) is 0 Å². The maximum atomic E-state index is 14.2. The summed E-state index contributed by atoms with van der Waals surface area (Å²) in [6, 6.07) is 4.21. The third-order valence-electron chi connectivity index (χ3n) is 8.41. The first-order chi connectivity index (χ1) is 18.8. The highest BCUT2D eigenvalue weighted by atomic mass is 35.5. The number of rotatable bonds is 8. The van der Waals surface area contributed by atoms with E-state index in [-0.39, 0.29) is 41.4 Å². The maximum Gasteiger partial charge on any atom is 0.257 e. The molecule has 3 fully saturated rings. The predicted molar refractivity (Wildman–Crippen MR) is 155 cm³/mol. The topological polar surface area (TPSA) is 97.1 Å². The van der Waals surface area contributed by atoms with Crippen molar-refractivity contribution in [3.63, 3.8) is 0 Å². The van der Waals surface area contributed by atoms with E-state index in [2.05, 4.69) is 19.8 Å². The quantitative estimate of drug-likeness (QED) is 0.501. The van der Waals surface area contributed by atoms with E-state index in [1.807, 2.05) is 20.8 Å². The number of piperidine rings is 1. The summed E-state index contributed by atoms with van der Waals surface area (Å²) in [7, 11) is 0. The molecule has 4 heterocycles. The van der Waals surface area contributed by atoms with E-state index in [9.17, 15) is 9.18 Å². The summed E-state index contributed by atoms with van der Waals surface area (Å²) in [6.07, 6.45) is 7.78. The van der Waals surface area contributed by atoms with Gasteiger partial charge in [0.15, 0.2) is 11.6 Å².